The number of aromatic nitrogens is 2. The molecule has 1 aromatic carbocycles. The molecule has 0 aliphatic rings. The lowest BCUT2D eigenvalue weighted by molar-refractivity contribution is 0.583. The molecule has 0 spiro atoms. The Kier molecular flexibility index (Phi) is 4.37. The summed E-state index contributed by atoms with van der Waals surface area (Å²) in [7, 11) is -3.58. The van der Waals surface area contributed by atoms with E-state index in [2.05, 4.69) is 14.9 Å². The molecule has 3 aromatic rings. The van der Waals surface area contributed by atoms with E-state index in [0.29, 0.717) is 11.3 Å². The second kappa shape index (κ2) is 6.45. The molecule has 2 N–H and O–H groups in total. The normalized spacial score (nSPS) is 11.5. The van der Waals surface area contributed by atoms with Gasteiger partial charge in [0.15, 0.2) is 0 Å². The van der Waals surface area contributed by atoms with Gasteiger partial charge in [-0.05, 0) is 17.7 Å². The molecule has 0 fully saturated rings. The predicted molar refractivity (Wildman–Crippen MR) is 88.6 cm³/mol. The Morgan fingerprint density at radius 3 is 2.61 bits per heavy atom. The van der Waals surface area contributed by atoms with Crippen molar-refractivity contribution in [1.82, 2.24) is 14.9 Å². The van der Waals surface area contributed by atoms with E-state index in [1.807, 2.05) is 30.3 Å². The minimum Gasteiger partial charge on any atom is -0.268 e. The van der Waals surface area contributed by atoms with Gasteiger partial charge in [0.2, 0.25) is 10.0 Å². The number of hydrogen-bond donors (Lipinski definition) is 2. The van der Waals surface area contributed by atoms with Gasteiger partial charge in [-0.3, -0.25) is 4.79 Å². The van der Waals surface area contributed by atoms with Crippen LogP contribution in [0.15, 0.2) is 62.9 Å². The van der Waals surface area contributed by atoms with E-state index in [4.69, 9.17) is 0 Å². The van der Waals surface area contributed by atoms with Gasteiger partial charge in [-0.1, -0.05) is 30.3 Å². The zero-order valence-corrected chi connectivity index (χ0v) is 13.5. The van der Waals surface area contributed by atoms with Crippen LogP contribution in [0, 0.1) is 0 Å². The molecule has 0 saturated heterocycles. The fourth-order valence-corrected chi connectivity index (χ4v) is 4.18. The van der Waals surface area contributed by atoms with E-state index >= 15 is 0 Å². The van der Waals surface area contributed by atoms with Crippen molar-refractivity contribution in [2.45, 2.75) is 10.8 Å². The fraction of sp³-hybridized carbons (Fsp3) is 0.0667. The van der Waals surface area contributed by atoms with Gasteiger partial charge in [0.1, 0.15) is 4.21 Å². The molecule has 2 heterocycles. The number of hydrogen-bond acceptors (Lipinski definition) is 5. The van der Waals surface area contributed by atoms with Crippen LogP contribution in [0.4, 0.5) is 0 Å². The fourth-order valence-electron chi connectivity index (χ4n) is 1.94. The molecule has 6 nitrogen and oxygen atoms in total. The molecule has 118 valence electrons. The number of benzene rings is 1. The van der Waals surface area contributed by atoms with Gasteiger partial charge < -0.3 is 0 Å². The van der Waals surface area contributed by atoms with Crippen LogP contribution in [0.3, 0.4) is 0 Å². The molecular weight excluding hydrogens is 334 g/mol. The summed E-state index contributed by atoms with van der Waals surface area (Å²) in [4.78, 5) is 11.0. The zero-order chi connectivity index (χ0) is 16.3. The number of aromatic amines is 1. The Balaban J connectivity index is 1.78. The van der Waals surface area contributed by atoms with Crippen LogP contribution in [0.1, 0.15) is 5.56 Å². The van der Waals surface area contributed by atoms with E-state index in [9.17, 15) is 13.2 Å². The van der Waals surface area contributed by atoms with Crippen LogP contribution in [-0.4, -0.2) is 18.6 Å². The van der Waals surface area contributed by atoms with Crippen molar-refractivity contribution >= 4 is 21.4 Å². The topological polar surface area (TPSA) is 91.9 Å². The van der Waals surface area contributed by atoms with E-state index in [1.54, 1.807) is 17.5 Å². The van der Waals surface area contributed by atoms with Gasteiger partial charge >= 0.3 is 0 Å². The molecule has 23 heavy (non-hydrogen) atoms. The third-order valence-corrected chi connectivity index (χ3v) is 5.97. The average molecular weight is 347 g/mol. The van der Waals surface area contributed by atoms with E-state index < -0.39 is 10.0 Å². The smallest absolute Gasteiger partial charge is 0.264 e. The lowest BCUT2D eigenvalue weighted by Gasteiger charge is -2.04. The maximum atomic E-state index is 12.3. The Labute approximate surface area is 136 Å². The molecule has 0 amide bonds. The van der Waals surface area contributed by atoms with Crippen molar-refractivity contribution in [3.8, 4) is 11.3 Å². The molecule has 0 radical (unpaired) electrons. The molecule has 8 heteroatoms. The Hall–Kier alpha value is -2.29. The molecule has 0 saturated carbocycles. The van der Waals surface area contributed by atoms with Crippen LogP contribution < -0.4 is 10.3 Å². The molecule has 2 aromatic heterocycles. The largest absolute Gasteiger partial charge is 0.268 e. The van der Waals surface area contributed by atoms with Gasteiger partial charge in [-0.2, -0.15) is 5.10 Å². The highest BCUT2D eigenvalue weighted by Gasteiger charge is 2.17. The zero-order valence-electron chi connectivity index (χ0n) is 11.9. The van der Waals surface area contributed by atoms with Crippen molar-refractivity contribution in [1.29, 1.82) is 0 Å². The summed E-state index contributed by atoms with van der Waals surface area (Å²) < 4.78 is 27.4. The van der Waals surface area contributed by atoms with E-state index in [0.717, 1.165) is 16.9 Å². The third-order valence-electron chi connectivity index (χ3n) is 3.12. The first-order chi connectivity index (χ1) is 11.0. The summed E-state index contributed by atoms with van der Waals surface area (Å²) in [6.07, 6.45) is 0. The summed E-state index contributed by atoms with van der Waals surface area (Å²) in [5.41, 5.74) is 1.74. The number of sulfonamides is 1. The van der Waals surface area contributed by atoms with Crippen LogP contribution in [0.2, 0.25) is 0 Å². The monoisotopic (exact) mass is 347 g/mol. The Bertz CT molecular complexity index is 942. The minimum absolute atomic E-state index is 0.205. The average Bonchev–Trinajstić information content (AvgIpc) is 3.06. The highest BCUT2D eigenvalue weighted by molar-refractivity contribution is 7.91. The van der Waals surface area contributed by atoms with Crippen molar-refractivity contribution in [3.05, 3.63) is 69.8 Å². The van der Waals surface area contributed by atoms with Crippen LogP contribution in [-0.2, 0) is 16.6 Å². The molecule has 0 bridgehead atoms. The molecule has 0 aliphatic heterocycles. The molecule has 3 rings (SSSR count). The van der Waals surface area contributed by atoms with Gasteiger partial charge in [-0.15, -0.1) is 11.3 Å². The molecule has 0 unspecified atom stereocenters. The summed E-state index contributed by atoms with van der Waals surface area (Å²) >= 11 is 1.11. The summed E-state index contributed by atoms with van der Waals surface area (Å²) in [5, 5.41) is 7.91. The van der Waals surface area contributed by atoms with Gasteiger partial charge in [0.25, 0.3) is 5.56 Å². The maximum absolute atomic E-state index is 12.3. The SMILES string of the molecule is O=c1ccc(-c2csc(S(=O)(=O)NCc3ccccc3)c2)n[nH]1. The van der Waals surface area contributed by atoms with Crippen molar-refractivity contribution < 1.29 is 8.42 Å². The first kappa shape index (κ1) is 15.6. The second-order valence-corrected chi connectivity index (χ2v) is 7.68. The Morgan fingerprint density at radius 2 is 1.91 bits per heavy atom. The number of rotatable bonds is 5. The van der Waals surface area contributed by atoms with Crippen LogP contribution >= 0.6 is 11.3 Å². The standard InChI is InChI=1S/C15H13N3O3S2/c19-14-7-6-13(17-18-14)12-8-15(22-10-12)23(20,21)16-9-11-4-2-1-3-5-11/h1-8,10,16H,9H2,(H,18,19). The lowest BCUT2D eigenvalue weighted by Crippen LogP contribution is -2.22. The van der Waals surface area contributed by atoms with E-state index in [1.165, 1.54) is 6.07 Å². The second-order valence-electron chi connectivity index (χ2n) is 4.77. The Morgan fingerprint density at radius 1 is 1.13 bits per heavy atom. The van der Waals surface area contributed by atoms with Gasteiger partial charge in [0.05, 0.1) is 5.69 Å². The van der Waals surface area contributed by atoms with Crippen LogP contribution in [0.5, 0.6) is 0 Å². The number of nitrogens with zero attached hydrogens (tertiary/aromatic N) is 1. The van der Waals surface area contributed by atoms with Crippen molar-refractivity contribution in [2.24, 2.45) is 0 Å². The minimum atomic E-state index is -3.58. The van der Waals surface area contributed by atoms with Crippen LogP contribution in [0.25, 0.3) is 11.3 Å². The van der Waals surface area contributed by atoms with E-state index in [-0.39, 0.29) is 16.3 Å². The summed E-state index contributed by atoms with van der Waals surface area (Å²) in [6.45, 7) is 0.229. The van der Waals surface area contributed by atoms with Gasteiger partial charge in [0, 0.05) is 23.6 Å². The molecule has 0 atom stereocenters. The molecule has 0 aliphatic carbocycles. The first-order valence-electron chi connectivity index (χ1n) is 6.73. The highest BCUT2D eigenvalue weighted by Crippen LogP contribution is 2.26. The van der Waals surface area contributed by atoms with Crippen molar-refractivity contribution in [3.63, 3.8) is 0 Å². The quantitative estimate of drug-likeness (QED) is 0.738. The van der Waals surface area contributed by atoms with Crippen molar-refractivity contribution in [2.75, 3.05) is 0 Å². The number of H-pyrrole nitrogens is 1. The third kappa shape index (κ3) is 3.73. The molecular formula is C15H13N3O3S2. The lowest BCUT2D eigenvalue weighted by atomic mass is 10.2. The number of nitrogens with one attached hydrogen (secondary N) is 2. The first-order valence-corrected chi connectivity index (χ1v) is 9.09. The summed E-state index contributed by atoms with van der Waals surface area (Å²) in [5.74, 6) is 0. The predicted octanol–water partition coefficient (Wildman–Crippen LogP) is 1.98. The van der Waals surface area contributed by atoms with Gasteiger partial charge in [-0.25, -0.2) is 18.2 Å². The summed E-state index contributed by atoms with van der Waals surface area (Å²) in [6, 6.07) is 13.7. The maximum Gasteiger partial charge on any atom is 0.264 e. The number of thiophene rings is 1. The highest BCUT2D eigenvalue weighted by atomic mass is 32.2.